The number of thiocarbonyl (C=S) groups is 1. The van der Waals surface area contributed by atoms with Gasteiger partial charge < -0.3 is 16.0 Å². The lowest BCUT2D eigenvalue weighted by atomic mass is 10.2. The van der Waals surface area contributed by atoms with Crippen molar-refractivity contribution in [2.24, 2.45) is 5.73 Å². The molecule has 0 bridgehead atoms. The van der Waals surface area contributed by atoms with E-state index in [1.807, 2.05) is 12.1 Å². The molecule has 1 unspecified atom stereocenters. The van der Waals surface area contributed by atoms with Crippen LogP contribution in [0.3, 0.4) is 0 Å². The maximum Gasteiger partial charge on any atom is 0.126 e. The summed E-state index contributed by atoms with van der Waals surface area (Å²) in [7, 11) is 0. The Bertz CT molecular complexity index is 390. The molecule has 3 N–H and O–H groups in total. The van der Waals surface area contributed by atoms with Crippen LogP contribution >= 0.6 is 12.2 Å². The van der Waals surface area contributed by atoms with Gasteiger partial charge in [-0.15, -0.1) is 0 Å². The van der Waals surface area contributed by atoms with Crippen LogP contribution < -0.4 is 11.1 Å². The highest BCUT2D eigenvalue weighted by molar-refractivity contribution is 7.80. The lowest BCUT2D eigenvalue weighted by molar-refractivity contribution is 0.294. The van der Waals surface area contributed by atoms with Gasteiger partial charge >= 0.3 is 0 Å². The number of aromatic nitrogens is 1. The Morgan fingerprint density at radius 2 is 2.17 bits per heavy atom. The molecule has 0 aliphatic rings. The van der Waals surface area contributed by atoms with E-state index < -0.39 is 0 Å². The lowest BCUT2D eigenvalue weighted by Gasteiger charge is -2.23. The minimum absolute atomic E-state index is 0.332. The van der Waals surface area contributed by atoms with Gasteiger partial charge in [0.25, 0.3) is 0 Å². The molecular formula is C13H22N4S. The molecule has 1 atom stereocenters. The van der Waals surface area contributed by atoms with E-state index in [9.17, 15) is 0 Å². The molecule has 0 aliphatic heterocycles. The zero-order chi connectivity index (χ0) is 13.5. The van der Waals surface area contributed by atoms with Crippen LogP contribution in [0.1, 0.15) is 26.3 Å². The van der Waals surface area contributed by atoms with E-state index in [1.54, 1.807) is 6.20 Å². The molecule has 0 fully saturated rings. The van der Waals surface area contributed by atoms with Gasteiger partial charge in [0.2, 0.25) is 0 Å². The standard InChI is InChI=1S/C13H22N4S/c1-4-17(5-2)9-10(3)16-12-8-11(13(14)18)6-7-15-12/h6-8,10H,4-5,9H2,1-3H3,(H2,14,18)(H,15,16). The Hall–Kier alpha value is -1.20. The summed E-state index contributed by atoms with van der Waals surface area (Å²) in [6.45, 7) is 9.59. The molecule has 0 saturated heterocycles. The molecule has 1 heterocycles. The maximum absolute atomic E-state index is 5.60. The van der Waals surface area contributed by atoms with Crippen molar-refractivity contribution >= 4 is 23.0 Å². The number of hydrogen-bond acceptors (Lipinski definition) is 4. The van der Waals surface area contributed by atoms with E-state index in [2.05, 4.69) is 36.0 Å². The van der Waals surface area contributed by atoms with Crippen LogP contribution in [-0.2, 0) is 0 Å². The Morgan fingerprint density at radius 3 is 2.72 bits per heavy atom. The molecule has 0 aliphatic carbocycles. The van der Waals surface area contributed by atoms with Crippen molar-refractivity contribution in [3.05, 3.63) is 23.9 Å². The number of pyridine rings is 1. The number of nitrogens with one attached hydrogen (secondary N) is 1. The Morgan fingerprint density at radius 1 is 1.50 bits per heavy atom. The minimum Gasteiger partial charge on any atom is -0.389 e. The Labute approximate surface area is 115 Å². The fraction of sp³-hybridized carbons (Fsp3) is 0.538. The molecule has 0 saturated carbocycles. The third-order valence-corrected chi connectivity index (χ3v) is 3.10. The van der Waals surface area contributed by atoms with Crippen molar-refractivity contribution in [2.45, 2.75) is 26.8 Å². The zero-order valence-corrected chi connectivity index (χ0v) is 12.1. The molecular weight excluding hydrogens is 244 g/mol. The molecule has 1 aromatic rings. The van der Waals surface area contributed by atoms with Crippen LogP contribution in [-0.4, -0.2) is 40.5 Å². The van der Waals surface area contributed by atoms with Crippen LogP contribution in [0.5, 0.6) is 0 Å². The SMILES string of the molecule is CCN(CC)CC(C)Nc1cc(C(N)=S)ccn1. The van der Waals surface area contributed by atoms with E-state index >= 15 is 0 Å². The molecule has 0 spiro atoms. The molecule has 5 heteroatoms. The van der Waals surface area contributed by atoms with E-state index in [4.69, 9.17) is 18.0 Å². The number of likely N-dealkylation sites (N-methyl/N-ethyl adjacent to an activating group) is 1. The quantitative estimate of drug-likeness (QED) is 0.738. The van der Waals surface area contributed by atoms with Crippen LogP contribution in [0, 0.1) is 0 Å². The summed E-state index contributed by atoms with van der Waals surface area (Å²) in [4.78, 5) is 7.05. The number of rotatable bonds is 7. The van der Waals surface area contributed by atoms with Crippen LogP contribution in [0.2, 0.25) is 0 Å². The first-order valence-corrected chi connectivity index (χ1v) is 6.72. The maximum atomic E-state index is 5.60. The van der Waals surface area contributed by atoms with Gasteiger partial charge in [0.1, 0.15) is 10.8 Å². The van der Waals surface area contributed by atoms with Gasteiger partial charge in [0.15, 0.2) is 0 Å². The average molecular weight is 266 g/mol. The van der Waals surface area contributed by atoms with E-state index in [1.165, 1.54) is 0 Å². The largest absolute Gasteiger partial charge is 0.389 e. The Balaban J connectivity index is 2.61. The van der Waals surface area contributed by atoms with Crippen LogP contribution in [0.15, 0.2) is 18.3 Å². The van der Waals surface area contributed by atoms with Crippen molar-refractivity contribution in [3.8, 4) is 0 Å². The average Bonchev–Trinajstić information content (AvgIpc) is 2.36. The van der Waals surface area contributed by atoms with Crippen molar-refractivity contribution in [3.63, 3.8) is 0 Å². The molecule has 0 radical (unpaired) electrons. The van der Waals surface area contributed by atoms with E-state index in [-0.39, 0.29) is 0 Å². The van der Waals surface area contributed by atoms with E-state index in [0.29, 0.717) is 11.0 Å². The van der Waals surface area contributed by atoms with Gasteiger partial charge in [-0.25, -0.2) is 4.98 Å². The lowest BCUT2D eigenvalue weighted by Crippen LogP contribution is -2.35. The second kappa shape index (κ2) is 7.28. The molecule has 0 amide bonds. The fourth-order valence-electron chi connectivity index (χ4n) is 1.83. The van der Waals surface area contributed by atoms with Crippen molar-refractivity contribution in [1.82, 2.24) is 9.88 Å². The van der Waals surface area contributed by atoms with Crippen molar-refractivity contribution in [2.75, 3.05) is 25.0 Å². The normalized spacial score (nSPS) is 12.4. The highest BCUT2D eigenvalue weighted by Crippen LogP contribution is 2.08. The van der Waals surface area contributed by atoms with Gasteiger partial charge in [0.05, 0.1) is 0 Å². The second-order valence-electron chi connectivity index (χ2n) is 4.33. The van der Waals surface area contributed by atoms with Crippen molar-refractivity contribution in [1.29, 1.82) is 0 Å². The first-order chi connectivity index (χ1) is 8.56. The second-order valence-corrected chi connectivity index (χ2v) is 4.77. The highest BCUT2D eigenvalue weighted by atomic mass is 32.1. The molecule has 1 aromatic heterocycles. The molecule has 100 valence electrons. The van der Waals surface area contributed by atoms with Gasteiger partial charge in [0, 0.05) is 24.3 Å². The predicted octanol–water partition coefficient (Wildman–Crippen LogP) is 1.86. The zero-order valence-electron chi connectivity index (χ0n) is 11.3. The number of nitrogens with two attached hydrogens (primary N) is 1. The Kier molecular flexibility index (Phi) is 6.01. The van der Waals surface area contributed by atoms with Gasteiger partial charge in [-0.3, -0.25) is 0 Å². The van der Waals surface area contributed by atoms with Crippen LogP contribution in [0.25, 0.3) is 0 Å². The first-order valence-electron chi connectivity index (χ1n) is 6.31. The highest BCUT2D eigenvalue weighted by Gasteiger charge is 2.08. The summed E-state index contributed by atoms with van der Waals surface area (Å²) in [6, 6.07) is 4.04. The predicted molar refractivity (Wildman–Crippen MR) is 81.0 cm³/mol. The molecule has 18 heavy (non-hydrogen) atoms. The fourth-order valence-corrected chi connectivity index (χ4v) is 1.96. The topological polar surface area (TPSA) is 54.2 Å². The molecule has 1 rings (SSSR count). The molecule has 4 nitrogen and oxygen atoms in total. The first kappa shape index (κ1) is 14.9. The van der Waals surface area contributed by atoms with Crippen molar-refractivity contribution < 1.29 is 0 Å². The summed E-state index contributed by atoms with van der Waals surface area (Å²) in [5.74, 6) is 0.819. The summed E-state index contributed by atoms with van der Waals surface area (Å²) >= 11 is 4.96. The summed E-state index contributed by atoms with van der Waals surface area (Å²) in [5, 5.41) is 3.37. The smallest absolute Gasteiger partial charge is 0.126 e. The molecule has 0 aromatic carbocycles. The summed E-state index contributed by atoms with van der Waals surface area (Å²) in [6.07, 6.45) is 1.72. The third kappa shape index (κ3) is 4.58. The van der Waals surface area contributed by atoms with E-state index in [0.717, 1.165) is 31.0 Å². The summed E-state index contributed by atoms with van der Waals surface area (Å²) < 4.78 is 0. The minimum atomic E-state index is 0.332. The van der Waals surface area contributed by atoms with Crippen LogP contribution in [0.4, 0.5) is 5.82 Å². The monoisotopic (exact) mass is 266 g/mol. The third-order valence-electron chi connectivity index (χ3n) is 2.87. The number of nitrogens with zero attached hydrogens (tertiary/aromatic N) is 2. The number of hydrogen-bond donors (Lipinski definition) is 2. The van der Waals surface area contributed by atoms with Gasteiger partial charge in [-0.05, 0) is 32.1 Å². The number of anilines is 1. The summed E-state index contributed by atoms with van der Waals surface area (Å²) in [5.41, 5.74) is 6.45. The van der Waals surface area contributed by atoms with Gasteiger partial charge in [-0.2, -0.15) is 0 Å². The van der Waals surface area contributed by atoms with Gasteiger partial charge in [-0.1, -0.05) is 26.1 Å².